The van der Waals surface area contributed by atoms with Crippen molar-refractivity contribution in [3.8, 4) is 0 Å². The minimum atomic E-state index is -0.738. The summed E-state index contributed by atoms with van der Waals surface area (Å²) in [5, 5.41) is 17.2. The number of nitrogens with one attached hydrogen (secondary N) is 2. The first-order valence-corrected chi connectivity index (χ1v) is 11.5. The largest absolute Gasteiger partial charge is 0.386 e. The zero-order valence-electron chi connectivity index (χ0n) is 15.2. The van der Waals surface area contributed by atoms with Gasteiger partial charge in [-0.25, -0.2) is 0 Å². The fourth-order valence-corrected chi connectivity index (χ4v) is 5.43. The summed E-state index contributed by atoms with van der Waals surface area (Å²) >= 11 is 7.29. The van der Waals surface area contributed by atoms with Gasteiger partial charge in [0.05, 0.1) is 10.9 Å². The highest BCUT2D eigenvalue weighted by Gasteiger charge is 2.26. The van der Waals surface area contributed by atoms with E-state index in [-0.39, 0.29) is 41.8 Å². The van der Waals surface area contributed by atoms with Gasteiger partial charge in [-0.2, -0.15) is 0 Å². The number of guanidine groups is 1. The molecule has 0 radical (unpaired) electrons. The van der Waals surface area contributed by atoms with Crippen molar-refractivity contribution in [2.24, 2.45) is 4.99 Å². The molecule has 1 aromatic heterocycles. The third-order valence-corrected chi connectivity index (χ3v) is 7.39. The summed E-state index contributed by atoms with van der Waals surface area (Å²) in [4.78, 5) is 5.34. The predicted octanol–water partition coefficient (Wildman–Crippen LogP) is 3.69. The van der Waals surface area contributed by atoms with Crippen LogP contribution < -0.4 is 10.6 Å². The number of rotatable bonds is 7. The molecule has 4 atom stereocenters. The van der Waals surface area contributed by atoms with Crippen molar-refractivity contribution >= 4 is 63.7 Å². The van der Waals surface area contributed by atoms with E-state index in [0.29, 0.717) is 10.3 Å². The van der Waals surface area contributed by atoms with Crippen LogP contribution in [-0.4, -0.2) is 45.4 Å². The maximum atomic E-state index is 12.1. The lowest BCUT2D eigenvalue weighted by Crippen LogP contribution is -2.46. The van der Waals surface area contributed by atoms with Gasteiger partial charge in [0.2, 0.25) is 0 Å². The van der Waals surface area contributed by atoms with E-state index in [2.05, 4.69) is 15.6 Å². The smallest absolute Gasteiger partial charge is 0.191 e. The molecule has 1 saturated carbocycles. The van der Waals surface area contributed by atoms with Crippen LogP contribution in [0.2, 0.25) is 4.34 Å². The van der Waals surface area contributed by atoms with E-state index in [4.69, 9.17) is 11.6 Å². The highest BCUT2D eigenvalue weighted by Crippen LogP contribution is 2.27. The van der Waals surface area contributed by atoms with Crippen molar-refractivity contribution < 1.29 is 9.32 Å². The Kier molecular flexibility index (Phi) is 11.6. The van der Waals surface area contributed by atoms with E-state index >= 15 is 0 Å². The van der Waals surface area contributed by atoms with Gasteiger partial charge in [-0.3, -0.25) is 9.20 Å². The summed E-state index contributed by atoms with van der Waals surface area (Å²) in [6.07, 6.45) is 3.45. The van der Waals surface area contributed by atoms with Crippen LogP contribution in [0.15, 0.2) is 17.1 Å². The van der Waals surface area contributed by atoms with Crippen molar-refractivity contribution in [1.82, 2.24) is 10.6 Å². The maximum absolute atomic E-state index is 12.1. The van der Waals surface area contributed by atoms with Crippen LogP contribution in [0, 0.1) is 0 Å². The molecule has 1 heterocycles. The summed E-state index contributed by atoms with van der Waals surface area (Å²) in [5.74, 6) is 1.43. The van der Waals surface area contributed by atoms with E-state index in [1.54, 1.807) is 6.07 Å². The van der Waals surface area contributed by atoms with Gasteiger partial charge in [-0.05, 0) is 38.3 Å². The molecular weight excluding hydrogens is 505 g/mol. The molecule has 1 fully saturated rings. The molecule has 9 heteroatoms. The molecule has 1 aliphatic carbocycles. The molecule has 26 heavy (non-hydrogen) atoms. The minimum absolute atomic E-state index is 0. The molecule has 0 aromatic carbocycles. The van der Waals surface area contributed by atoms with Crippen molar-refractivity contribution in [3.63, 3.8) is 0 Å². The van der Waals surface area contributed by atoms with Crippen molar-refractivity contribution in [2.45, 2.75) is 56.9 Å². The normalized spacial score (nSPS) is 23.0. The Hall–Kier alpha value is 0.1000. The molecular formula is C17H29ClIN3O2S2. The Labute approximate surface area is 184 Å². The molecule has 0 spiro atoms. The second-order valence-corrected chi connectivity index (χ2v) is 9.93. The Morgan fingerprint density at radius 1 is 1.46 bits per heavy atom. The van der Waals surface area contributed by atoms with Gasteiger partial charge in [0.25, 0.3) is 0 Å². The summed E-state index contributed by atoms with van der Waals surface area (Å²) in [7, 11) is -0.738. The molecule has 0 amide bonds. The number of aliphatic hydroxyl groups excluding tert-OH is 1. The van der Waals surface area contributed by atoms with E-state index < -0.39 is 16.9 Å². The molecule has 0 aliphatic heterocycles. The number of hydrogen-bond acceptors (Lipinski definition) is 4. The van der Waals surface area contributed by atoms with Crippen LogP contribution in [0.1, 0.15) is 50.5 Å². The van der Waals surface area contributed by atoms with Gasteiger partial charge in [0.1, 0.15) is 6.10 Å². The Balaban J connectivity index is 0.00000338. The monoisotopic (exact) mass is 533 g/mol. The molecule has 3 N–H and O–H groups in total. The first-order valence-electron chi connectivity index (χ1n) is 8.88. The second kappa shape index (κ2) is 12.5. The quantitative estimate of drug-likeness (QED) is 0.284. The number of hydrogen-bond donors (Lipinski definition) is 3. The van der Waals surface area contributed by atoms with Gasteiger partial charge in [0, 0.05) is 39.3 Å². The van der Waals surface area contributed by atoms with Crippen LogP contribution in [0.25, 0.3) is 0 Å². The summed E-state index contributed by atoms with van der Waals surface area (Å²) in [6.45, 7) is 5.03. The Bertz CT molecular complexity index is 600. The third-order valence-electron chi connectivity index (χ3n) is 4.31. The van der Waals surface area contributed by atoms with E-state index in [1.165, 1.54) is 11.3 Å². The molecule has 0 bridgehead atoms. The Morgan fingerprint density at radius 2 is 2.23 bits per heavy atom. The zero-order valence-corrected chi connectivity index (χ0v) is 20.0. The lowest BCUT2D eigenvalue weighted by molar-refractivity contribution is 0.191. The molecule has 5 nitrogen and oxygen atoms in total. The van der Waals surface area contributed by atoms with Crippen molar-refractivity contribution in [2.75, 3.05) is 18.8 Å². The average Bonchev–Trinajstić information content (AvgIpc) is 3.05. The maximum Gasteiger partial charge on any atom is 0.191 e. The predicted molar refractivity (Wildman–Crippen MR) is 124 cm³/mol. The third kappa shape index (κ3) is 7.61. The van der Waals surface area contributed by atoms with Gasteiger partial charge >= 0.3 is 0 Å². The van der Waals surface area contributed by atoms with E-state index in [1.807, 2.05) is 19.9 Å². The number of halogens is 2. The van der Waals surface area contributed by atoms with Crippen LogP contribution in [0.4, 0.5) is 0 Å². The molecule has 1 aromatic rings. The first kappa shape index (κ1) is 24.1. The number of thiophene rings is 1. The van der Waals surface area contributed by atoms with Crippen LogP contribution in [-0.2, 0) is 10.8 Å². The molecule has 0 saturated heterocycles. The fraction of sp³-hybridized carbons (Fsp3) is 0.706. The molecule has 2 rings (SSSR count). The van der Waals surface area contributed by atoms with Crippen molar-refractivity contribution in [3.05, 3.63) is 21.3 Å². The van der Waals surface area contributed by atoms with Gasteiger partial charge in [0.15, 0.2) is 5.96 Å². The summed E-state index contributed by atoms with van der Waals surface area (Å²) < 4.78 is 12.8. The minimum Gasteiger partial charge on any atom is -0.386 e. The SMILES string of the molecule is CCNC(=NCC(O)c1ccc(Cl)s1)NC1CCCC(S(=O)CC)C1.I. The van der Waals surface area contributed by atoms with Gasteiger partial charge in [-0.15, -0.1) is 35.3 Å². The number of nitrogens with zero attached hydrogens (tertiary/aromatic N) is 1. The standard InChI is InChI=1S/C17H28ClN3O2S2.HI/c1-3-19-17(20-11-14(22)15-8-9-16(18)24-15)21-12-6-5-7-13(10-12)25(23)4-2;/h8-9,12-14,22H,3-7,10-11H2,1-2H3,(H2,19,20,21);1H. The van der Waals surface area contributed by atoms with Crippen LogP contribution in [0.5, 0.6) is 0 Å². The summed E-state index contributed by atoms with van der Waals surface area (Å²) in [5.41, 5.74) is 0. The van der Waals surface area contributed by atoms with E-state index in [9.17, 15) is 9.32 Å². The van der Waals surface area contributed by atoms with Crippen LogP contribution in [0.3, 0.4) is 0 Å². The second-order valence-electron chi connectivity index (χ2n) is 6.18. The van der Waals surface area contributed by atoms with E-state index in [0.717, 1.165) is 42.9 Å². The molecule has 4 unspecified atom stereocenters. The number of aliphatic imine (C=N–C) groups is 1. The summed E-state index contributed by atoms with van der Waals surface area (Å²) in [6, 6.07) is 3.90. The molecule has 1 aliphatic rings. The topological polar surface area (TPSA) is 73.7 Å². The van der Waals surface area contributed by atoms with Crippen LogP contribution >= 0.6 is 46.9 Å². The zero-order chi connectivity index (χ0) is 18.2. The first-order chi connectivity index (χ1) is 12.0. The number of aliphatic hydroxyl groups is 1. The van der Waals surface area contributed by atoms with Crippen molar-refractivity contribution in [1.29, 1.82) is 0 Å². The highest BCUT2D eigenvalue weighted by atomic mass is 127. The Morgan fingerprint density at radius 3 is 2.85 bits per heavy atom. The molecule has 150 valence electrons. The van der Waals surface area contributed by atoms with Gasteiger partial charge < -0.3 is 15.7 Å². The van der Waals surface area contributed by atoms with Gasteiger partial charge in [-0.1, -0.05) is 24.9 Å². The average molecular weight is 534 g/mol. The fourth-order valence-electron chi connectivity index (χ4n) is 3.04. The lowest BCUT2D eigenvalue weighted by atomic mass is 9.95. The highest BCUT2D eigenvalue weighted by molar-refractivity contribution is 14.0. The lowest BCUT2D eigenvalue weighted by Gasteiger charge is -2.30.